The van der Waals surface area contributed by atoms with Crippen LogP contribution in [0.5, 0.6) is 0 Å². The summed E-state index contributed by atoms with van der Waals surface area (Å²) in [5, 5.41) is 0. The van der Waals surface area contributed by atoms with E-state index in [0.29, 0.717) is 4.90 Å². The predicted molar refractivity (Wildman–Crippen MR) is 34.7 cm³/mol. The summed E-state index contributed by atoms with van der Waals surface area (Å²) >= 11 is -2.08. The molecular weight excluding hydrogens is 214 g/mol. The van der Waals surface area contributed by atoms with Crippen LogP contribution >= 0.6 is 0 Å². The zero-order valence-electron chi connectivity index (χ0n) is 7.61. The molecule has 1 aromatic rings. The average Bonchev–Trinajstić information content (AvgIpc) is 1.90. The molecular formula is C6H6K2O2S. The van der Waals surface area contributed by atoms with Crippen LogP contribution in [-0.2, 0) is 11.1 Å². The topological polar surface area (TPSA) is 40.1 Å². The van der Waals surface area contributed by atoms with E-state index >= 15 is 0 Å². The smallest absolute Gasteiger partial charge is 1.00 e. The fourth-order valence-electron chi connectivity index (χ4n) is 0.532. The van der Waals surface area contributed by atoms with E-state index in [9.17, 15) is 8.76 Å². The van der Waals surface area contributed by atoms with Crippen LogP contribution in [0, 0.1) is 0 Å². The van der Waals surface area contributed by atoms with Gasteiger partial charge in [0.2, 0.25) is 0 Å². The third-order valence-electron chi connectivity index (χ3n) is 0.936. The summed E-state index contributed by atoms with van der Waals surface area (Å²) in [6, 6.07) is 8.23. The zero-order valence-corrected chi connectivity index (χ0v) is 13.7. The maximum Gasteiger partial charge on any atom is 1.00 e. The van der Waals surface area contributed by atoms with Gasteiger partial charge in [0, 0.05) is 4.90 Å². The number of rotatable bonds is 1. The molecule has 0 aliphatic rings. The van der Waals surface area contributed by atoms with Gasteiger partial charge >= 0.3 is 103 Å². The summed E-state index contributed by atoms with van der Waals surface area (Å²) in [5.74, 6) is 0. The Morgan fingerprint density at radius 2 is 1.64 bits per heavy atom. The minimum absolute atomic E-state index is 0. The van der Waals surface area contributed by atoms with Crippen molar-refractivity contribution in [3.05, 3.63) is 30.3 Å². The first-order valence-electron chi connectivity index (χ1n) is 2.45. The van der Waals surface area contributed by atoms with Crippen molar-refractivity contribution in [3.63, 3.8) is 0 Å². The van der Waals surface area contributed by atoms with E-state index < -0.39 is 11.1 Å². The molecule has 0 N–H and O–H groups in total. The van der Waals surface area contributed by atoms with Gasteiger partial charge in [-0.15, -0.1) is 0 Å². The van der Waals surface area contributed by atoms with E-state index in [2.05, 4.69) is 0 Å². The molecule has 1 rings (SSSR count). The number of benzene rings is 1. The van der Waals surface area contributed by atoms with Crippen molar-refractivity contribution >= 4 is 11.1 Å². The van der Waals surface area contributed by atoms with Crippen LogP contribution in [0.4, 0.5) is 0 Å². The van der Waals surface area contributed by atoms with Crippen molar-refractivity contribution in [3.8, 4) is 0 Å². The van der Waals surface area contributed by atoms with Crippen LogP contribution in [0.2, 0.25) is 0 Å². The second kappa shape index (κ2) is 9.17. The Hall–Kier alpha value is 2.60. The Morgan fingerprint density at radius 3 is 1.91 bits per heavy atom. The van der Waals surface area contributed by atoms with Crippen molar-refractivity contribution in [1.29, 1.82) is 0 Å². The van der Waals surface area contributed by atoms with Gasteiger partial charge in [-0.1, -0.05) is 18.2 Å². The Bertz CT molecular complexity index is 220. The van der Waals surface area contributed by atoms with Crippen molar-refractivity contribution in [2.75, 3.05) is 0 Å². The summed E-state index contributed by atoms with van der Waals surface area (Å²) in [7, 11) is 0. The number of hydrogen-bond donors (Lipinski definition) is 0. The first-order chi connectivity index (χ1) is 4.30. The normalized spacial score (nSPS) is 10.6. The van der Waals surface area contributed by atoms with E-state index in [1.54, 1.807) is 30.3 Å². The van der Waals surface area contributed by atoms with Crippen molar-refractivity contribution < 1.29 is 113 Å². The van der Waals surface area contributed by atoms with Gasteiger partial charge in [-0.2, -0.15) is 0 Å². The molecule has 0 heterocycles. The number of hydrogen-bond acceptors (Lipinski definition) is 2. The maximum absolute atomic E-state index is 10.2. The first-order valence-corrected chi connectivity index (χ1v) is 3.52. The molecule has 1 aromatic carbocycles. The standard InChI is InChI=1S/C6H6O2S.2K.H/c7-9(8)6-4-2-1-3-5-6;;;/h1-5H,(H,7,8);;;/q;2*+1;-1/p-1. The second-order valence-electron chi connectivity index (χ2n) is 1.55. The molecule has 0 saturated carbocycles. The van der Waals surface area contributed by atoms with Crippen LogP contribution in [-0.4, -0.2) is 8.76 Å². The van der Waals surface area contributed by atoms with Crippen LogP contribution < -0.4 is 103 Å². The molecule has 0 amide bonds. The van der Waals surface area contributed by atoms with Crippen LogP contribution in [0.1, 0.15) is 1.43 Å². The van der Waals surface area contributed by atoms with Crippen LogP contribution in [0.3, 0.4) is 0 Å². The van der Waals surface area contributed by atoms with Crippen LogP contribution in [0.25, 0.3) is 0 Å². The van der Waals surface area contributed by atoms with E-state index in [1.165, 1.54) is 0 Å². The Kier molecular flexibility index (Phi) is 13.4. The summed E-state index contributed by atoms with van der Waals surface area (Å²) in [4.78, 5) is 0.331. The van der Waals surface area contributed by atoms with Gasteiger partial charge in [-0.25, -0.2) is 0 Å². The van der Waals surface area contributed by atoms with Crippen molar-refractivity contribution in [2.24, 2.45) is 0 Å². The molecule has 2 nitrogen and oxygen atoms in total. The SMILES string of the molecule is O=S([O-])c1ccccc1.[H-].[K+].[K+]. The molecule has 0 fully saturated rings. The maximum atomic E-state index is 10.2. The van der Waals surface area contributed by atoms with E-state index in [-0.39, 0.29) is 104 Å². The fraction of sp³-hybridized carbons (Fsp3) is 0. The molecule has 1 unspecified atom stereocenters. The van der Waals surface area contributed by atoms with Gasteiger partial charge < -0.3 is 5.98 Å². The summed E-state index contributed by atoms with van der Waals surface area (Å²) in [6.45, 7) is 0. The Balaban J connectivity index is -0.000000270. The quantitative estimate of drug-likeness (QED) is 0.351. The molecule has 5 heteroatoms. The zero-order chi connectivity index (χ0) is 6.69. The van der Waals surface area contributed by atoms with E-state index in [1.807, 2.05) is 0 Å². The molecule has 0 aromatic heterocycles. The average molecular weight is 220 g/mol. The molecule has 0 saturated heterocycles. The molecule has 0 radical (unpaired) electrons. The molecule has 0 aliphatic carbocycles. The molecule has 0 bridgehead atoms. The molecule has 0 spiro atoms. The monoisotopic (exact) mass is 220 g/mol. The second-order valence-corrected chi connectivity index (χ2v) is 2.49. The summed E-state index contributed by atoms with van der Waals surface area (Å²) in [6.07, 6.45) is 0. The first kappa shape index (κ1) is 16.0. The molecule has 0 aliphatic heterocycles. The third kappa shape index (κ3) is 6.64. The van der Waals surface area contributed by atoms with Gasteiger partial charge in [0.15, 0.2) is 0 Å². The molecule has 11 heavy (non-hydrogen) atoms. The van der Waals surface area contributed by atoms with E-state index in [0.717, 1.165) is 0 Å². The Labute approximate surface area is 155 Å². The third-order valence-corrected chi connectivity index (χ3v) is 1.59. The summed E-state index contributed by atoms with van der Waals surface area (Å²) < 4.78 is 20.4. The fourth-order valence-corrected chi connectivity index (χ4v) is 0.911. The minimum Gasteiger partial charge on any atom is -1.00 e. The molecule has 50 valence electrons. The van der Waals surface area contributed by atoms with Gasteiger partial charge in [0.05, 0.1) is 0 Å². The summed E-state index contributed by atoms with van der Waals surface area (Å²) in [5.41, 5.74) is 0. The minimum atomic E-state index is -2.08. The Morgan fingerprint density at radius 1 is 1.18 bits per heavy atom. The largest absolute Gasteiger partial charge is 1.00 e. The molecule has 1 atom stereocenters. The predicted octanol–water partition coefficient (Wildman–Crippen LogP) is -4.95. The van der Waals surface area contributed by atoms with Gasteiger partial charge in [-0.05, 0) is 23.2 Å². The van der Waals surface area contributed by atoms with Gasteiger partial charge in [-0.3, -0.25) is 4.21 Å². The van der Waals surface area contributed by atoms with Crippen LogP contribution in [0.15, 0.2) is 35.2 Å². The van der Waals surface area contributed by atoms with E-state index in [4.69, 9.17) is 0 Å². The van der Waals surface area contributed by atoms with Gasteiger partial charge in [0.25, 0.3) is 0 Å². The van der Waals surface area contributed by atoms with Crippen molar-refractivity contribution in [2.45, 2.75) is 4.90 Å². The van der Waals surface area contributed by atoms with Crippen molar-refractivity contribution in [1.82, 2.24) is 0 Å². The van der Waals surface area contributed by atoms with Gasteiger partial charge in [0.1, 0.15) is 0 Å².